The lowest BCUT2D eigenvalue weighted by atomic mass is 10.2. The maximum absolute atomic E-state index is 12.4. The molecule has 142 valence electrons. The van der Waals surface area contributed by atoms with Gasteiger partial charge in [0, 0.05) is 24.3 Å². The molecule has 0 aromatic heterocycles. The van der Waals surface area contributed by atoms with Crippen LogP contribution in [0.3, 0.4) is 0 Å². The number of hydrogen-bond donors (Lipinski definition) is 2. The number of nitrogens with one attached hydrogen (secondary N) is 2. The van der Waals surface area contributed by atoms with Crippen LogP contribution in [0.2, 0.25) is 5.02 Å². The topological polar surface area (TPSA) is 70.7 Å². The Bertz CT molecular complexity index is 839. The van der Waals surface area contributed by atoms with Gasteiger partial charge in [0.25, 0.3) is 0 Å². The van der Waals surface area contributed by atoms with E-state index in [2.05, 4.69) is 10.6 Å². The number of nitrogens with zero attached hydrogens (tertiary/aromatic N) is 1. The molecule has 0 spiro atoms. The van der Waals surface area contributed by atoms with E-state index in [1.54, 1.807) is 49.3 Å². The molecule has 1 heterocycles. The first-order valence-corrected chi connectivity index (χ1v) is 9.17. The van der Waals surface area contributed by atoms with Gasteiger partial charge in [0.05, 0.1) is 17.8 Å². The van der Waals surface area contributed by atoms with E-state index in [1.165, 1.54) is 0 Å². The first-order valence-electron chi connectivity index (χ1n) is 8.79. The zero-order valence-electron chi connectivity index (χ0n) is 15.3. The number of rotatable bonds is 6. The fourth-order valence-corrected chi connectivity index (χ4v) is 3.24. The third kappa shape index (κ3) is 4.52. The van der Waals surface area contributed by atoms with E-state index in [9.17, 15) is 9.59 Å². The molecule has 1 atom stereocenters. The van der Waals surface area contributed by atoms with Gasteiger partial charge in [-0.25, -0.2) is 0 Å². The molecule has 0 radical (unpaired) electrons. The summed E-state index contributed by atoms with van der Waals surface area (Å²) in [6.07, 6.45) is 1.40. The standard InChI is InChI=1S/C20H22ClN3O3/c1-13(20(26)23-14-5-8-16(27-2)9-6-14)22-15-7-10-18(17(21)12-15)24-11-3-4-19(24)25/h5-10,12-13,22H,3-4,11H2,1-2H3,(H,23,26). The summed E-state index contributed by atoms with van der Waals surface area (Å²) < 4.78 is 5.10. The van der Waals surface area contributed by atoms with Crippen LogP contribution < -0.4 is 20.3 Å². The van der Waals surface area contributed by atoms with Gasteiger partial charge >= 0.3 is 0 Å². The second-order valence-corrected chi connectivity index (χ2v) is 6.81. The number of ether oxygens (including phenoxy) is 1. The van der Waals surface area contributed by atoms with Crippen LogP contribution in [0.25, 0.3) is 0 Å². The zero-order valence-corrected chi connectivity index (χ0v) is 16.0. The lowest BCUT2D eigenvalue weighted by Gasteiger charge is -2.20. The summed E-state index contributed by atoms with van der Waals surface area (Å²) in [5.41, 5.74) is 2.11. The van der Waals surface area contributed by atoms with Crippen molar-refractivity contribution in [2.24, 2.45) is 0 Å². The number of carbonyl (C=O) groups is 2. The van der Waals surface area contributed by atoms with E-state index in [-0.39, 0.29) is 11.8 Å². The van der Waals surface area contributed by atoms with Gasteiger partial charge < -0.3 is 20.3 Å². The zero-order chi connectivity index (χ0) is 19.4. The Morgan fingerprint density at radius 2 is 1.89 bits per heavy atom. The number of methoxy groups -OCH3 is 1. The summed E-state index contributed by atoms with van der Waals surface area (Å²) in [5, 5.41) is 6.46. The van der Waals surface area contributed by atoms with E-state index in [0.29, 0.717) is 35.1 Å². The molecule has 3 rings (SSSR count). The highest BCUT2D eigenvalue weighted by Crippen LogP contribution is 2.31. The minimum Gasteiger partial charge on any atom is -0.497 e. The van der Waals surface area contributed by atoms with Crippen LogP contribution in [-0.2, 0) is 9.59 Å². The largest absolute Gasteiger partial charge is 0.497 e. The molecule has 1 fully saturated rings. The van der Waals surface area contributed by atoms with E-state index in [4.69, 9.17) is 16.3 Å². The van der Waals surface area contributed by atoms with Crippen molar-refractivity contribution in [2.75, 3.05) is 29.2 Å². The normalized spacial score (nSPS) is 14.8. The number of carbonyl (C=O) groups excluding carboxylic acids is 2. The summed E-state index contributed by atoms with van der Waals surface area (Å²) in [7, 11) is 1.59. The summed E-state index contributed by atoms with van der Waals surface area (Å²) >= 11 is 6.35. The predicted molar refractivity (Wildman–Crippen MR) is 108 cm³/mol. The quantitative estimate of drug-likeness (QED) is 0.788. The van der Waals surface area contributed by atoms with Gasteiger partial charge in [0.15, 0.2) is 0 Å². The van der Waals surface area contributed by atoms with Crippen LogP contribution >= 0.6 is 11.6 Å². The van der Waals surface area contributed by atoms with Crippen molar-refractivity contribution in [1.82, 2.24) is 0 Å². The van der Waals surface area contributed by atoms with Crippen LogP contribution in [0.4, 0.5) is 17.1 Å². The molecule has 27 heavy (non-hydrogen) atoms. The van der Waals surface area contributed by atoms with E-state index < -0.39 is 6.04 Å². The number of benzene rings is 2. The maximum atomic E-state index is 12.4. The second-order valence-electron chi connectivity index (χ2n) is 6.40. The first kappa shape index (κ1) is 19.0. The summed E-state index contributed by atoms with van der Waals surface area (Å²) in [4.78, 5) is 26.0. The molecule has 2 aromatic carbocycles. The van der Waals surface area contributed by atoms with Gasteiger partial charge in [0.1, 0.15) is 11.8 Å². The highest BCUT2D eigenvalue weighted by Gasteiger charge is 2.23. The third-order valence-corrected chi connectivity index (χ3v) is 4.75. The Labute approximate surface area is 163 Å². The molecule has 2 N–H and O–H groups in total. The Morgan fingerprint density at radius 1 is 1.19 bits per heavy atom. The number of hydrogen-bond acceptors (Lipinski definition) is 4. The van der Waals surface area contributed by atoms with Crippen molar-refractivity contribution >= 4 is 40.5 Å². The van der Waals surface area contributed by atoms with Crippen LogP contribution in [0, 0.1) is 0 Å². The van der Waals surface area contributed by atoms with Crippen molar-refractivity contribution in [3.05, 3.63) is 47.5 Å². The summed E-state index contributed by atoms with van der Waals surface area (Å²) in [6, 6.07) is 12.0. The van der Waals surface area contributed by atoms with E-state index in [0.717, 1.165) is 12.2 Å². The highest BCUT2D eigenvalue weighted by atomic mass is 35.5. The minimum atomic E-state index is -0.470. The van der Waals surface area contributed by atoms with Gasteiger partial charge in [-0.1, -0.05) is 11.6 Å². The Balaban J connectivity index is 1.62. The predicted octanol–water partition coefficient (Wildman–Crippen LogP) is 3.91. The molecule has 2 amide bonds. The second kappa shape index (κ2) is 8.31. The third-order valence-electron chi connectivity index (χ3n) is 4.45. The van der Waals surface area contributed by atoms with Crippen molar-refractivity contribution in [2.45, 2.75) is 25.8 Å². The SMILES string of the molecule is COc1ccc(NC(=O)C(C)Nc2ccc(N3CCCC3=O)c(Cl)c2)cc1. The van der Waals surface area contributed by atoms with Crippen LogP contribution in [0.1, 0.15) is 19.8 Å². The number of amides is 2. The Kier molecular flexibility index (Phi) is 5.86. The van der Waals surface area contributed by atoms with Crippen molar-refractivity contribution in [1.29, 1.82) is 0 Å². The monoisotopic (exact) mass is 387 g/mol. The Morgan fingerprint density at radius 3 is 2.48 bits per heavy atom. The lowest BCUT2D eigenvalue weighted by Crippen LogP contribution is -2.31. The summed E-state index contributed by atoms with van der Waals surface area (Å²) in [6.45, 7) is 2.46. The average Bonchev–Trinajstić information content (AvgIpc) is 3.08. The highest BCUT2D eigenvalue weighted by molar-refractivity contribution is 6.34. The minimum absolute atomic E-state index is 0.0878. The van der Waals surface area contributed by atoms with Gasteiger partial charge in [-0.05, 0) is 55.8 Å². The number of anilines is 3. The van der Waals surface area contributed by atoms with Gasteiger partial charge in [0.2, 0.25) is 11.8 Å². The fraction of sp³-hybridized carbons (Fsp3) is 0.300. The fourth-order valence-electron chi connectivity index (χ4n) is 2.96. The smallest absolute Gasteiger partial charge is 0.246 e. The van der Waals surface area contributed by atoms with Crippen molar-refractivity contribution < 1.29 is 14.3 Å². The molecule has 6 nitrogen and oxygen atoms in total. The molecular weight excluding hydrogens is 366 g/mol. The molecule has 1 aliphatic heterocycles. The summed E-state index contributed by atoms with van der Waals surface area (Å²) in [5.74, 6) is 0.644. The van der Waals surface area contributed by atoms with Gasteiger partial charge in [-0.15, -0.1) is 0 Å². The molecular formula is C20H22ClN3O3. The number of halogens is 1. The van der Waals surface area contributed by atoms with E-state index >= 15 is 0 Å². The van der Waals surface area contributed by atoms with Crippen molar-refractivity contribution in [3.8, 4) is 5.75 Å². The van der Waals surface area contributed by atoms with Crippen LogP contribution in [-0.4, -0.2) is 31.5 Å². The molecule has 1 aliphatic rings. The lowest BCUT2D eigenvalue weighted by molar-refractivity contribution is -0.117. The van der Waals surface area contributed by atoms with Crippen LogP contribution in [0.15, 0.2) is 42.5 Å². The molecule has 1 unspecified atom stereocenters. The first-order chi connectivity index (χ1) is 13.0. The van der Waals surface area contributed by atoms with Crippen LogP contribution in [0.5, 0.6) is 5.75 Å². The molecule has 0 saturated carbocycles. The van der Waals surface area contributed by atoms with E-state index in [1.807, 2.05) is 12.1 Å². The molecule has 2 aromatic rings. The maximum Gasteiger partial charge on any atom is 0.246 e. The molecule has 0 bridgehead atoms. The average molecular weight is 388 g/mol. The van der Waals surface area contributed by atoms with Gasteiger partial charge in [-0.2, -0.15) is 0 Å². The molecule has 7 heteroatoms. The van der Waals surface area contributed by atoms with Gasteiger partial charge in [-0.3, -0.25) is 9.59 Å². The van der Waals surface area contributed by atoms with Crippen molar-refractivity contribution in [3.63, 3.8) is 0 Å². The molecule has 0 aliphatic carbocycles. The molecule has 1 saturated heterocycles. The Hall–Kier alpha value is -2.73.